The van der Waals surface area contributed by atoms with Crippen LogP contribution >= 0.6 is 0 Å². The Balaban J connectivity index is 1.62. The summed E-state index contributed by atoms with van der Waals surface area (Å²) in [7, 11) is -2.20. The van der Waals surface area contributed by atoms with Crippen LogP contribution in [0.1, 0.15) is 16.2 Å². The van der Waals surface area contributed by atoms with E-state index in [2.05, 4.69) is 15.1 Å². The van der Waals surface area contributed by atoms with Gasteiger partial charge in [0.1, 0.15) is 11.5 Å². The molecule has 2 aromatic rings. The van der Waals surface area contributed by atoms with Crippen LogP contribution < -0.4 is 10.0 Å². The Morgan fingerprint density at radius 2 is 2.12 bits per heavy atom. The van der Waals surface area contributed by atoms with Crippen molar-refractivity contribution >= 4 is 15.9 Å². The molecule has 2 heterocycles. The molecule has 8 nitrogen and oxygen atoms in total. The highest BCUT2D eigenvalue weighted by Crippen LogP contribution is 2.18. The van der Waals surface area contributed by atoms with E-state index in [-0.39, 0.29) is 22.5 Å². The number of fused-ring (bicyclic) bond motifs is 1. The number of amides is 1. The molecule has 0 fully saturated rings. The number of methoxy groups -OCH3 is 1. The van der Waals surface area contributed by atoms with Gasteiger partial charge in [0.2, 0.25) is 10.0 Å². The molecule has 26 heavy (non-hydrogen) atoms. The lowest BCUT2D eigenvalue weighted by atomic mass is 10.2. The van der Waals surface area contributed by atoms with Gasteiger partial charge in [-0.2, -0.15) is 5.10 Å². The summed E-state index contributed by atoms with van der Waals surface area (Å²) in [5.74, 6) is -0.798. The highest BCUT2D eigenvalue weighted by molar-refractivity contribution is 7.89. The van der Waals surface area contributed by atoms with Gasteiger partial charge < -0.3 is 10.1 Å². The van der Waals surface area contributed by atoms with Crippen LogP contribution in [0.5, 0.6) is 0 Å². The van der Waals surface area contributed by atoms with Gasteiger partial charge in [0, 0.05) is 31.8 Å². The third-order valence-electron chi connectivity index (χ3n) is 3.98. The molecular weight excluding hydrogens is 363 g/mol. The van der Waals surface area contributed by atoms with E-state index in [1.165, 1.54) is 12.1 Å². The van der Waals surface area contributed by atoms with E-state index in [0.29, 0.717) is 26.1 Å². The molecule has 0 saturated heterocycles. The highest BCUT2D eigenvalue weighted by atomic mass is 32.2. The molecule has 0 bridgehead atoms. The van der Waals surface area contributed by atoms with E-state index in [1.54, 1.807) is 17.9 Å². The molecule has 1 aromatic carbocycles. The minimum absolute atomic E-state index is 0.00153. The fourth-order valence-corrected chi connectivity index (χ4v) is 3.98. The monoisotopic (exact) mass is 382 g/mol. The first-order valence-electron chi connectivity index (χ1n) is 8.01. The van der Waals surface area contributed by atoms with Gasteiger partial charge in [-0.05, 0) is 30.3 Å². The first-order chi connectivity index (χ1) is 12.4. The third kappa shape index (κ3) is 4.09. The van der Waals surface area contributed by atoms with E-state index in [1.807, 2.05) is 0 Å². The van der Waals surface area contributed by atoms with Crippen molar-refractivity contribution in [1.82, 2.24) is 19.8 Å². The van der Waals surface area contributed by atoms with E-state index in [9.17, 15) is 17.6 Å². The number of hydrogen-bond donors (Lipinski definition) is 2. The van der Waals surface area contributed by atoms with Crippen LogP contribution in [0.4, 0.5) is 4.39 Å². The van der Waals surface area contributed by atoms with Crippen LogP contribution in [0, 0.1) is 5.82 Å². The molecule has 1 atom stereocenters. The van der Waals surface area contributed by atoms with Crippen LogP contribution in [-0.2, 0) is 27.7 Å². The van der Waals surface area contributed by atoms with Crippen molar-refractivity contribution in [2.24, 2.45) is 0 Å². The lowest BCUT2D eigenvalue weighted by molar-refractivity contribution is 0.0931. The number of ether oxygens (including phenoxy) is 1. The van der Waals surface area contributed by atoms with Crippen molar-refractivity contribution in [2.45, 2.75) is 23.9 Å². The standard InChI is InChI=1S/C16H19FN4O4S/c1-25-7-6-18-16(22)15-9-13-8-12(10-21(13)19-15)20-26(23,24)14-4-2-11(17)3-5-14/h2-5,9,12,20H,6-8,10H2,1H3,(H,18,22)/t12-/m0/s1. The Morgan fingerprint density at radius 1 is 1.38 bits per heavy atom. The Labute approximate surface area is 150 Å². The second kappa shape index (κ2) is 7.52. The number of aromatic nitrogens is 2. The van der Waals surface area contributed by atoms with Crippen LogP contribution in [0.25, 0.3) is 0 Å². The van der Waals surface area contributed by atoms with Gasteiger partial charge in [0.15, 0.2) is 0 Å². The number of rotatable bonds is 7. The van der Waals surface area contributed by atoms with Gasteiger partial charge in [-0.15, -0.1) is 0 Å². The lowest BCUT2D eigenvalue weighted by Gasteiger charge is -2.12. The minimum atomic E-state index is -3.75. The number of carbonyl (C=O) groups excluding carboxylic acids is 1. The summed E-state index contributed by atoms with van der Waals surface area (Å²) in [5, 5.41) is 6.90. The highest BCUT2D eigenvalue weighted by Gasteiger charge is 2.29. The maximum atomic E-state index is 13.0. The fourth-order valence-electron chi connectivity index (χ4n) is 2.75. The third-order valence-corrected chi connectivity index (χ3v) is 5.52. The van der Waals surface area contributed by atoms with Crippen molar-refractivity contribution in [2.75, 3.05) is 20.3 Å². The molecule has 1 aromatic heterocycles. The molecule has 3 rings (SSSR count). The topological polar surface area (TPSA) is 102 Å². The summed E-state index contributed by atoms with van der Waals surface area (Å²) in [5.41, 5.74) is 1.06. The number of halogens is 1. The molecule has 1 aliphatic heterocycles. The van der Waals surface area contributed by atoms with Gasteiger partial charge in [-0.3, -0.25) is 9.48 Å². The molecule has 1 aliphatic rings. The first-order valence-corrected chi connectivity index (χ1v) is 9.49. The maximum absolute atomic E-state index is 13.0. The SMILES string of the molecule is COCCNC(=O)c1cc2n(n1)C[C@@H](NS(=O)(=O)c1ccc(F)cc1)C2. The molecule has 1 amide bonds. The lowest BCUT2D eigenvalue weighted by Crippen LogP contribution is -2.36. The van der Waals surface area contributed by atoms with Crippen LogP contribution in [-0.4, -0.2) is 50.4 Å². The van der Waals surface area contributed by atoms with Gasteiger partial charge in [0.25, 0.3) is 5.91 Å². The molecule has 140 valence electrons. The average molecular weight is 382 g/mol. The molecule has 0 spiro atoms. The molecule has 0 radical (unpaired) electrons. The number of sulfonamides is 1. The summed E-state index contributed by atoms with van der Waals surface area (Å²) in [6.07, 6.45) is 0.415. The number of nitrogens with zero attached hydrogens (tertiary/aromatic N) is 2. The van der Waals surface area contributed by atoms with E-state index >= 15 is 0 Å². The average Bonchev–Trinajstić information content (AvgIpc) is 3.13. The van der Waals surface area contributed by atoms with Crippen LogP contribution in [0.2, 0.25) is 0 Å². The van der Waals surface area contributed by atoms with Crippen LogP contribution in [0.3, 0.4) is 0 Å². The molecular formula is C16H19FN4O4S. The van der Waals surface area contributed by atoms with Gasteiger partial charge in [-0.25, -0.2) is 17.5 Å². The van der Waals surface area contributed by atoms with E-state index in [4.69, 9.17) is 4.74 Å². The number of carbonyl (C=O) groups is 1. The minimum Gasteiger partial charge on any atom is -0.383 e. The Bertz CT molecular complexity index is 872. The zero-order valence-corrected chi connectivity index (χ0v) is 14.9. The predicted octanol–water partition coefficient (Wildman–Crippen LogP) is 0.302. The van der Waals surface area contributed by atoms with E-state index < -0.39 is 15.8 Å². The second-order valence-corrected chi connectivity index (χ2v) is 7.64. The zero-order valence-electron chi connectivity index (χ0n) is 14.1. The maximum Gasteiger partial charge on any atom is 0.271 e. The fraction of sp³-hybridized carbons (Fsp3) is 0.375. The van der Waals surface area contributed by atoms with Crippen molar-refractivity contribution in [3.63, 3.8) is 0 Å². The normalized spacial score (nSPS) is 16.5. The van der Waals surface area contributed by atoms with Gasteiger partial charge in [0.05, 0.1) is 18.0 Å². The van der Waals surface area contributed by atoms with Gasteiger partial charge in [-0.1, -0.05) is 0 Å². The largest absolute Gasteiger partial charge is 0.383 e. The molecule has 0 saturated carbocycles. The van der Waals surface area contributed by atoms with Crippen molar-refractivity contribution in [1.29, 1.82) is 0 Å². The summed E-state index contributed by atoms with van der Waals surface area (Å²) in [6.45, 7) is 1.12. The predicted molar refractivity (Wildman–Crippen MR) is 90.6 cm³/mol. The molecule has 2 N–H and O–H groups in total. The quantitative estimate of drug-likeness (QED) is 0.671. The Morgan fingerprint density at radius 3 is 2.77 bits per heavy atom. The zero-order chi connectivity index (χ0) is 18.7. The second-order valence-electron chi connectivity index (χ2n) is 5.93. The summed E-state index contributed by atoms with van der Waals surface area (Å²) < 4.78 is 46.7. The Hall–Kier alpha value is -2.30. The summed E-state index contributed by atoms with van der Waals surface area (Å²) >= 11 is 0. The van der Waals surface area contributed by atoms with Crippen LogP contribution in [0.15, 0.2) is 35.2 Å². The van der Waals surface area contributed by atoms with E-state index in [0.717, 1.165) is 17.8 Å². The number of nitrogens with one attached hydrogen (secondary N) is 2. The molecule has 10 heteroatoms. The van der Waals surface area contributed by atoms with Crippen molar-refractivity contribution in [3.8, 4) is 0 Å². The first kappa shape index (κ1) is 18.5. The number of hydrogen-bond acceptors (Lipinski definition) is 5. The van der Waals surface area contributed by atoms with Crippen molar-refractivity contribution in [3.05, 3.63) is 47.5 Å². The number of benzene rings is 1. The summed E-state index contributed by atoms with van der Waals surface area (Å²) in [6, 6.07) is 5.90. The molecule has 0 aliphatic carbocycles. The van der Waals surface area contributed by atoms with Crippen molar-refractivity contribution < 1.29 is 22.3 Å². The Kier molecular flexibility index (Phi) is 5.35. The van der Waals surface area contributed by atoms with Gasteiger partial charge >= 0.3 is 0 Å². The molecule has 0 unspecified atom stereocenters. The smallest absolute Gasteiger partial charge is 0.271 e. The summed E-state index contributed by atoms with van der Waals surface area (Å²) in [4.78, 5) is 12.0.